The molecule has 39 heavy (non-hydrogen) atoms. The van der Waals surface area contributed by atoms with Crippen molar-refractivity contribution in [2.75, 3.05) is 13.1 Å². The van der Waals surface area contributed by atoms with E-state index in [0.29, 0.717) is 24.8 Å². The third-order valence-electron chi connectivity index (χ3n) is 6.03. The fraction of sp³-hybridized carbons (Fsp3) is 0.731. The molecule has 0 fully saturated rings. The normalized spacial score (nSPS) is 13.9. The van der Waals surface area contributed by atoms with E-state index in [0.717, 1.165) is 0 Å². The first-order valence-corrected chi connectivity index (χ1v) is 13.4. The van der Waals surface area contributed by atoms with E-state index < -0.39 is 48.8 Å². The summed E-state index contributed by atoms with van der Waals surface area (Å²) in [7, 11) is -1.80. The Morgan fingerprint density at radius 2 is 1.51 bits per heavy atom. The van der Waals surface area contributed by atoms with Crippen LogP contribution >= 0.6 is 0 Å². The van der Waals surface area contributed by atoms with Crippen LogP contribution in [0.25, 0.3) is 0 Å². The molecule has 1 unspecified atom stereocenters. The number of nitriles is 1. The third kappa shape index (κ3) is 14.1. The molecule has 0 aliphatic rings. The Bertz CT molecular complexity index is 896. The second-order valence-electron chi connectivity index (χ2n) is 10.7. The lowest BCUT2D eigenvalue weighted by molar-refractivity contribution is -0.134. The van der Waals surface area contributed by atoms with Crippen LogP contribution < -0.4 is 21.3 Å². The predicted molar refractivity (Wildman–Crippen MR) is 147 cm³/mol. The van der Waals surface area contributed by atoms with Gasteiger partial charge >= 0.3 is 7.12 Å². The maximum absolute atomic E-state index is 13.1. The fourth-order valence-corrected chi connectivity index (χ4v) is 3.64. The largest absolute Gasteiger partial charge is 0.475 e. The number of nitrogens with one attached hydrogen (secondary N) is 4. The van der Waals surface area contributed by atoms with Gasteiger partial charge in [0.2, 0.25) is 17.7 Å². The number of unbranched alkanes of at least 4 members (excludes halogenated alkanes) is 1. The minimum atomic E-state index is -1.80. The highest BCUT2D eigenvalue weighted by atomic mass is 16.4. The van der Waals surface area contributed by atoms with Crippen LogP contribution in [0.5, 0.6) is 0 Å². The van der Waals surface area contributed by atoms with Crippen LogP contribution in [0.4, 0.5) is 0 Å². The van der Waals surface area contributed by atoms with E-state index in [4.69, 9.17) is 5.26 Å². The highest BCUT2D eigenvalue weighted by molar-refractivity contribution is 6.43. The quantitative estimate of drug-likeness (QED) is 0.0563. The van der Waals surface area contributed by atoms with E-state index >= 15 is 0 Å². The topological polar surface area (TPSA) is 201 Å². The number of nitrogens with zero attached hydrogens (tertiary/aromatic N) is 1. The molecule has 0 spiro atoms. The van der Waals surface area contributed by atoms with Crippen molar-refractivity contribution in [1.82, 2.24) is 21.3 Å². The summed E-state index contributed by atoms with van der Waals surface area (Å²) < 4.78 is 0. The van der Waals surface area contributed by atoms with Crippen molar-refractivity contribution in [3.63, 3.8) is 0 Å². The molecule has 0 heterocycles. The molecule has 0 aromatic rings. The van der Waals surface area contributed by atoms with E-state index in [9.17, 15) is 34.3 Å². The maximum Gasteiger partial charge on any atom is 0.475 e. The minimum Gasteiger partial charge on any atom is -0.426 e. The Morgan fingerprint density at radius 1 is 0.897 bits per heavy atom. The Balaban J connectivity index is 5.47. The van der Waals surface area contributed by atoms with Gasteiger partial charge in [-0.15, -0.1) is 0 Å². The molecule has 0 saturated heterocycles. The van der Waals surface area contributed by atoms with Gasteiger partial charge in [-0.05, 0) is 52.4 Å². The molecule has 0 radical (unpaired) electrons. The lowest BCUT2D eigenvalue weighted by atomic mass is 9.75. The van der Waals surface area contributed by atoms with Gasteiger partial charge in [0.05, 0.1) is 18.0 Å². The number of hydrogen-bond donors (Lipinski definition) is 7. The molecule has 0 rings (SSSR count). The molecular formula is C26H46BN5O7. The number of allylic oxidation sites excluding steroid dienone is 1. The molecule has 4 amide bonds. The molecule has 0 aromatic heterocycles. The lowest BCUT2D eigenvalue weighted by Gasteiger charge is -2.27. The highest BCUT2D eigenvalue weighted by Gasteiger charge is 2.32. The van der Waals surface area contributed by atoms with Crippen molar-refractivity contribution in [1.29, 1.82) is 5.26 Å². The molecular weight excluding hydrogens is 505 g/mol. The van der Waals surface area contributed by atoms with Crippen molar-refractivity contribution in [3.8, 4) is 6.07 Å². The van der Waals surface area contributed by atoms with E-state index in [-0.39, 0.29) is 42.8 Å². The number of aliphatic hydroxyl groups excluding tert-OH is 1. The van der Waals surface area contributed by atoms with Gasteiger partial charge in [-0.2, -0.15) is 5.26 Å². The molecule has 7 N–H and O–H groups in total. The van der Waals surface area contributed by atoms with Gasteiger partial charge in [0.15, 0.2) is 0 Å². The smallest absolute Gasteiger partial charge is 0.426 e. The number of amides is 4. The van der Waals surface area contributed by atoms with Crippen LogP contribution in [0.3, 0.4) is 0 Å². The Morgan fingerprint density at radius 3 is 1.97 bits per heavy atom. The van der Waals surface area contributed by atoms with Gasteiger partial charge < -0.3 is 36.4 Å². The number of carbonyl (C=O) groups is 4. The van der Waals surface area contributed by atoms with Crippen LogP contribution in [-0.2, 0) is 19.2 Å². The van der Waals surface area contributed by atoms with Crippen molar-refractivity contribution in [2.24, 2.45) is 17.8 Å². The molecule has 12 nitrogen and oxygen atoms in total. The van der Waals surface area contributed by atoms with Crippen molar-refractivity contribution >= 4 is 30.7 Å². The average Bonchev–Trinajstić information content (AvgIpc) is 2.81. The van der Waals surface area contributed by atoms with Gasteiger partial charge in [-0.25, -0.2) is 0 Å². The lowest BCUT2D eigenvalue weighted by Crippen LogP contribution is -2.56. The van der Waals surface area contributed by atoms with E-state index in [1.807, 2.05) is 19.9 Å². The number of rotatable bonds is 17. The average molecular weight is 551 g/mol. The van der Waals surface area contributed by atoms with Crippen LogP contribution in [0.2, 0.25) is 0 Å². The predicted octanol–water partition coefficient (Wildman–Crippen LogP) is -0.0702. The van der Waals surface area contributed by atoms with Crippen LogP contribution in [-0.4, -0.2) is 77.1 Å². The highest BCUT2D eigenvalue weighted by Crippen LogP contribution is 2.10. The minimum absolute atomic E-state index is 0.0343. The Labute approximate surface area is 232 Å². The number of hydrogen-bond acceptors (Lipinski definition) is 8. The fourth-order valence-electron chi connectivity index (χ4n) is 3.64. The monoisotopic (exact) mass is 551 g/mol. The summed E-state index contributed by atoms with van der Waals surface area (Å²) in [6.07, 6.45) is 0.167. The first-order valence-electron chi connectivity index (χ1n) is 13.4. The molecule has 0 saturated carbocycles. The summed E-state index contributed by atoms with van der Waals surface area (Å²) >= 11 is 0. The van der Waals surface area contributed by atoms with E-state index in [1.54, 1.807) is 27.7 Å². The zero-order chi connectivity index (χ0) is 30.3. The summed E-state index contributed by atoms with van der Waals surface area (Å²) in [5, 5.41) is 49.2. The molecule has 0 aliphatic carbocycles. The van der Waals surface area contributed by atoms with E-state index in [1.165, 1.54) is 6.92 Å². The second-order valence-corrected chi connectivity index (χ2v) is 10.7. The van der Waals surface area contributed by atoms with Crippen LogP contribution in [0.1, 0.15) is 74.1 Å². The van der Waals surface area contributed by atoms with Gasteiger partial charge in [0, 0.05) is 19.0 Å². The molecule has 4 atom stereocenters. The summed E-state index contributed by atoms with van der Waals surface area (Å²) in [6, 6.07) is 0.787. The molecule has 0 aromatic carbocycles. The van der Waals surface area contributed by atoms with Gasteiger partial charge in [-0.1, -0.05) is 33.3 Å². The van der Waals surface area contributed by atoms with E-state index in [2.05, 4.69) is 21.3 Å². The zero-order valence-corrected chi connectivity index (χ0v) is 24.2. The van der Waals surface area contributed by atoms with Crippen molar-refractivity contribution in [2.45, 2.75) is 92.2 Å². The van der Waals surface area contributed by atoms with Crippen LogP contribution in [0.15, 0.2) is 11.1 Å². The van der Waals surface area contributed by atoms with Gasteiger partial charge in [-0.3, -0.25) is 19.2 Å². The summed E-state index contributed by atoms with van der Waals surface area (Å²) in [5.74, 6) is -4.29. The molecule has 220 valence electrons. The Kier molecular flexibility index (Phi) is 17.0. The van der Waals surface area contributed by atoms with Crippen LogP contribution in [0, 0.1) is 29.1 Å². The zero-order valence-electron chi connectivity index (χ0n) is 24.2. The number of aliphatic hydroxyl groups is 1. The van der Waals surface area contributed by atoms with Crippen molar-refractivity contribution < 1.29 is 34.3 Å². The van der Waals surface area contributed by atoms with Crippen molar-refractivity contribution in [3.05, 3.63) is 11.1 Å². The Hall–Kier alpha value is -2.95. The second kappa shape index (κ2) is 18.4. The summed E-state index contributed by atoms with van der Waals surface area (Å²) in [5.41, 5.74) is 0.626. The first-order chi connectivity index (χ1) is 18.1. The maximum atomic E-state index is 13.1. The SMILES string of the molecule is CC(C)=C(C#N)C(=O)NCCCC[C@H](NC(=O)C(CNC(=O)C(C)C)[C@@H](C)O)C(=O)N[C@@H](CC(C)C)B(O)O. The summed E-state index contributed by atoms with van der Waals surface area (Å²) in [6.45, 7) is 12.0. The molecule has 13 heteroatoms. The summed E-state index contributed by atoms with van der Waals surface area (Å²) in [4.78, 5) is 50.2. The van der Waals surface area contributed by atoms with Gasteiger partial charge in [0.25, 0.3) is 5.91 Å². The standard InChI is InChI=1S/C26H46BN5O7/c1-15(2)12-22(27(38)39)32-26(37)21(10-8-9-11-29-24(35)19(13-28)16(3)4)31-25(36)20(18(7)33)14-30-23(34)17(5)6/h15,17-18,20-22,33,38-39H,8-12,14H2,1-7H3,(H,29,35)(H,30,34)(H,31,36)(H,32,37)/t18-,20?,21+,22+/m1/s1. The third-order valence-corrected chi connectivity index (χ3v) is 6.03. The molecule has 0 aliphatic heterocycles. The number of carbonyl (C=O) groups excluding carboxylic acids is 4. The first kappa shape index (κ1) is 36.1. The molecule has 0 bridgehead atoms. The van der Waals surface area contributed by atoms with Gasteiger partial charge in [0.1, 0.15) is 17.7 Å².